The molecule has 0 saturated carbocycles. The summed E-state index contributed by atoms with van der Waals surface area (Å²) in [6.45, 7) is 4.14. The number of benzene rings is 2. The fourth-order valence-corrected chi connectivity index (χ4v) is 3.43. The molecule has 0 spiro atoms. The smallest absolute Gasteiger partial charge is 0.321 e. The van der Waals surface area contributed by atoms with Crippen LogP contribution in [0.1, 0.15) is 48.0 Å². The van der Waals surface area contributed by atoms with Gasteiger partial charge in [0.2, 0.25) is 0 Å². The van der Waals surface area contributed by atoms with E-state index in [2.05, 4.69) is 16.7 Å². The van der Waals surface area contributed by atoms with E-state index in [9.17, 15) is 9.59 Å². The molecule has 1 atom stereocenters. The molecule has 1 fully saturated rings. The number of piperidine rings is 1. The molecule has 2 N–H and O–H groups in total. The van der Waals surface area contributed by atoms with E-state index < -0.39 is 0 Å². The number of amides is 3. The van der Waals surface area contributed by atoms with Gasteiger partial charge in [0.15, 0.2) is 0 Å². The van der Waals surface area contributed by atoms with Gasteiger partial charge >= 0.3 is 6.03 Å². The number of likely N-dealkylation sites (tertiary alicyclic amines) is 1. The Morgan fingerprint density at radius 2 is 1.93 bits per heavy atom. The molecule has 3 amide bonds. The minimum atomic E-state index is -0.0669. The minimum absolute atomic E-state index is 0.0341. The third-order valence-electron chi connectivity index (χ3n) is 4.89. The number of anilines is 1. The molecule has 0 bridgehead atoms. The summed E-state index contributed by atoms with van der Waals surface area (Å²) in [5.41, 5.74) is 2.61. The van der Waals surface area contributed by atoms with Crippen LogP contribution in [0.5, 0.6) is 0 Å². The van der Waals surface area contributed by atoms with Crippen LogP contribution in [-0.2, 0) is 0 Å². The molecule has 0 aromatic heterocycles. The Kier molecular flexibility index (Phi) is 6.47. The average Bonchev–Trinajstić information content (AvgIpc) is 2.73. The predicted octanol–water partition coefficient (Wildman–Crippen LogP) is 4.24. The minimum Gasteiger partial charge on any atom is -0.352 e. The highest BCUT2D eigenvalue weighted by molar-refractivity contribution is 5.94. The number of para-hydroxylation sites is 1. The quantitative estimate of drug-likeness (QED) is 0.833. The fourth-order valence-electron chi connectivity index (χ4n) is 3.43. The van der Waals surface area contributed by atoms with Gasteiger partial charge in [-0.3, -0.25) is 4.79 Å². The summed E-state index contributed by atoms with van der Waals surface area (Å²) in [4.78, 5) is 26.7. The Balaban J connectivity index is 1.65. The van der Waals surface area contributed by atoms with Crippen molar-refractivity contribution in [2.45, 2.75) is 32.1 Å². The maximum absolute atomic E-state index is 12.6. The van der Waals surface area contributed by atoms with Gasteiger partial charge in [0, 0.05) is 36.8 Å². The van der Waals surface area contributed by atoms with Crippen molar-refractivity contribution in [2.24, 2.45) is 0 Å². The number of carbonyl (C=O) groups is 2. The zero-order chi connectivity index (χ0) is 19.1. The average molecular weight is 365 g/mol. The van der Waals surface area contributed by atoms with Crippen LogP contribution in [0.4, 0.5) is 10.5 Å². The van der Waals surface area contributed by atoms with Crippen LogP contribution in [-0.4, -0.2) is 36.5 Å². The topological polar surface area (TPSA) is 61.4 Å². The van der Waals surface area contributed by atoms with Crippen LogP contribution in [0.2, 0.25) is 0 Å². The second-order valence-electron chi connectivity index (χ2n) is 6.96. The van der Waals surface area contributed by atoms with E-state index in [0.29, 0.717) is 18.7 Å². The van der Waals surface area contributed by atoms with Crippen molar-refractivity contribution < 1.29 is 9.59 Å². The standard InChI is InChI=1S/C22H27N3O2/c1-2-13-23-21(26)18-9-6-8-17(15-18)19-10-7-14-25(16-19)22(27)24-20-11-4-3-5-12-20/h3-6,8-9,11-12,15,19H,2,7,10,13-14,16H2,1H3,(H,23,26)(H,24,27)/t19-/m1/s1. The molecule has 27 heavy (non-hydrogen) atoms. The summed E-state index contributed by atoms with van der Waals surface area (Å²) >= 11 is 0. The summed E-state index contributed by atoms with van der Waals surface area (Å²) in [5.74, 6) is 0.215. The highest BCUT2D eigenvalue weighted by atomic mass is 16.2. The molecule has 1 heterocycles. The Morgan fingerprint density at radius 1 is 1.11 bits per heavy atom. The van der Waals surface area contributed by atoms with Gasteiger partial charge in [0.25, 0.3) is 5.91 Å². The van der Waals surface area contributed by atoms with E-state index in [-0.39, 0.29) is 17.9 Å². The Morgan fingerprint density at radius 3 is 2.70 bits per heavy atom. The number of hydrogen-bond donors (Lipinski definition) is 2. The molecule has 2 aromatic carbocycles. The lowest BCUT2D eigenvalue weighted by atomic mass is 9.89. The first-order chi connectivity index (χ1) is 13.2. The SMILES string of the molecule is CCCNC(=O)c1cccc([C@@H]2CCCN(C(=O)Nc3ccccc3)C2)c1. The van der Waals surface area contributed by atoms with E-state index >= 15 is 0 Å². The molecule has 2 aromatic rings. The zero-order valence-electron chi connectivity index (χ0n) is 15.8. The lowest BCUT2D eigenvalue weighted by Crippen LogP contribution is -2.41. The van der Waals surface area contributed by atoms with Gasteiger partial charge in [-0.1, -0.05) is 37.3 Å². The lowest BCUT2D eigenvalue weighted by Gasteiger charge is -2.33. The Bertz CT molecular complexity index is 776. The first kappa shape index (κ1) is 19.0. The molecule has 5 nitrogen and oxygen atoms in total. The molecular formula is C22H27N3O2. The van der Waals surface area contributed by atoms with E-state index in [1.807, 2.05) is 60.4 Å². The number of hydrogen-bond acceptors (Lipinski definition) is 2. The molecule has 142 valence electrons. The van der Waals surface area contributed by atoms with Crippen molar-refractivity contribution in [2.75, 3.05) is 25.0 Å². The number of nitrogens with zero attached hydrogens (tertiary/aromatic N) is 1. The first-order valence-electron chi connectivity index (χ1n) is 9.66. The predicted molar refractivity (Wildman–Crippen MR) is 108 cm³/mol. The molecule has 1 saturated heterocycles. The molecule has 0 unspecified atom stereocenters. The van der Waals surface area contributed by atoms with Gasteiger partial charge < -0.3 is 15.5 Å². The van der Waals surface area contributed by atoms with E-state index in [4.69, 9.17) is 0 Å². The van der Waals surface area contributed by atoms with Crippen LogP contribution in [0.15, 0.2) is 54.6 Å². The van der Waals surface area contributed by atoms with Crippen molar-refractivity contribution in [1.82, 2.24) is 10.2 Å². The molecule has 3 rings (SSSR count). The van der Waals surface area contributed by atoms with Crippen molar-refractivity contribution in [3.8, 4) is 0 Å². The maximum Gasteiger partial charge on any atom is 0.321 e. The van der Waals surface area contributed by atoms with Gasteiger partial charge in [-0.25, -0.2) is 4.79 Å². The Labute approximate surface area is 160 Å². The van der Waals surface area contributed by atoms with E-state index in [0.717, 1.165) is 37.1 Å². The van der Waals surface area contributed by atoms with Gasteiger partial charge in [-0.15, -0.1) is 0 Å². The van der Waals surface area contributed by atoms with Crippen molar-refractivity contribution in [3.05, 3.63) is 65.7 Å². The van der Waals surface area contributed by atoms with Gasteiger partial charge in [0.1, 0.15) is 0 Å². The highest BCUT2D eigenvalue weighted by Crippen LogP contribution is 2.28. The maximum atomic E-state index is 12.6. The number of carbonyl (C=O) groups excluding carboxylic acids is 2. The first-order valence-corrected chi connectivity index (χ1v) is 9.66. The summed E-state index contributed by atoms with van der Waals surface area (Å²) in [6.07, 6.45) is 2.90. The second kappa shape index (κ2) is 9.21. The molecular weight excluding hydrogens is 338 g/mol. The third-order valence-corrected chi connectivity index (χ3v) is 4.89. The van der Waals surface area contributed by atoms with Gasteiger partial charge in [0.05, 0.1) is 0 Å². The zero-order valence-corrected chi connectivity index (χ0v) is 15.8. The van der Waals surface area contributed by atoms with Crippen LogP contribution in [0.25, 0.3) is 0 Å². The van der Waals surface area contributed by atoms with Gasteiger partial charge in [-0.05, 0) is 49.1 Å². The van der Waals surface area contributed by atoms with Crippen LogP contribution in [0.3, 0.4) is 0 Å². The van der Waals surface area contributed by atoms with Crippen LogP contribution in [0, 0.1) is 0 Å². The summed E-state index contributed by atoms with van der Waals surface area (Å²) in [7, 11) is 0. The summed E-state index contributed by atoms with van der Waals surface area (Å²) < 4.78 is 0. The van der Waals surface area contributed by atoms with Crippen molar-refractivity contribution in [1.29, 1.82) is 0 Å². The summed E-state index contributed by atoms with van der Waals surface area (Å²) in [5, 5.41) is 5.88. The van der Waals surface area contributed by atoms with Crippen LogP contribution >= 0.6 is 0 Å². The number of urea groups is 1. The highest BCUT2D eigenvalue weighted by Gasteiger charge is 2.25. The van der Waals surface area contributed by atoms with Crippen molar-refractivity contribution >= 4 is 17.6 Å². The molecule has 0 radical (unpaired) electrons. The van der Waals surface area contributed by atoms with Crippen molar-refractivity contribution in [3.63, 3.8) is 0 Å². The fraction of sp³-hybridized carbons (Fsp3) is 0.364. The third kappa shape index (κ3) is 5.09. The Hall–Kier alpha value is -2.82. The van der Waals surface area contributed by atoms with E-state index in [1.54, 1.807) is 0 Å². The molecule has 5 heteroatoms. The monoisotopic (exact) mass is 365 g/mol. The molecule has 1 aliphatic heterocycles. The molecule has 1 aliphatic rings. The van der Waals surface area contributed by atoms with Crippen LogP contribution < -0.4 is 10.6 Å². The lowest BCUT2D eigenvalue weighted by molar-refractivity contribution is 0.0953. The largest absolute Gasteiger partial charge is 0.352 e. The van der Waals surface area contributed by atoms with E-state index in [1.165, 1.54) is 0 Å². The van der Waals surface area contributed by atoms with Gasteiger partial charge in [-0.2, -0.15) is 0 Å². The second-order valence-corrected chi connectivity index (χ2v) is 6.96. The summed E-state index contributed by atoms with van der Waals surface area (Å²) in [6, 6.07) is 17.2. The number of nitrogens with one attached hydrogen (secondary N) is 2. The normalized spacial score (nSPS) is 16.6. The number of rotatable bonds is 5. The molecule has 0 aliphatic carbocycles.